The molecule has 0 aliphatic carbocycles. The lowest BCUT2D eigenvalue weighted by Crippen LogP contribution is -2.06. The van der Waals surface area contributed by atoms with Crippen LogP contribution in [0, 0.1) is 0 Å². The zero-order valence-electron chi connectivity index (χ0n) is 18.2. The molecule has 0 aliphatic rings. The third kappa shape index (κ3) is 5.21. The fourth-order valence-corrected chi connectivity index (χ4v) is 4.38. The Kier molecular flexibility index (Phi) is 7.32. The van der Waals surface area contributed by atoms with E-state index >= 15 is 0 Å². The molecule has 33 heavy (non-hydrogen) atoms. The van der Waals surface area contributed by atoms with E-state index < -0.39 is 0 Å². The van der Waals surface area contributed by atoms with Crippen molar-refractivity contribution >= 4 is 29.1 Å². The van der Waals surface area contributed by atoms with Gasteiger partial charge in [0, 0.05) is 16.3 Å². The molecule has 0 N–H and O–H groups in total. The molecule has 8 heteroatoms. The molecule has 0 saturated carbocycles. The molecule has 0 aliphatic heterocycles. The number of thioether (sulfide) groups is 1. The first-order valence-electron chi connectivity index (χ1n) is 10.3. The number of Topliss-reactive ketones (excluding diaryl/α,β-unsaturated/α-hetero) is 1. The van der Waals surface area contributed by atoms with Crippen LogP contribution in [-0.4, -0.2) is 40.0 Å². The highest BCUT2D eigenvalue weighted by Crippen LogP contribution is 2.31. The summed E-state index contributed by atoms with van der Waals surface area (Å²) in [6.07, 6.45) is 0. The molecule has 3 aromatic carbocycles. The zero-order valence-corrected chi connectivity index (χ0v) is 19.8. The number of rotatable bonds is 9. The second-order valence-electron chi connectivity index (χ2n) is 6.99. The molecule has 0 spiro atoms. The molecule has 168 valence electrons. The number of methoxy groups -OCH3 is 1. The summed E-state index contributed by atoms with van der Waals surface area (Å²) < 4.78 is 12.8. The van der Waals surface area contributed by atoms with E-state index in [0.717, 1.165) is 17.0 Å². The molecule has 1 heterocycles. The lowest BCUT2D eigenvalue weighted by atomic mass is 10.1. The van der Waals surface area contributed by atoms with Crippen molar-refractivity contribution in [3.05, 3.63) is 83.4 Å². The molecule has 6 nitrogen and oxygen atoms in total. The van der Waals surface area contributed by atoms with Crippen LogP contribution in [0.25, 0.3) is 17.1 Å². The van der Waals surface area contributed by atoms with E-state index in [-0.39, 0.29) is 11.5 Å². The van der Waals surface area contributed by atoms with Crippen molar-refractivity contribution in [3.8, 4) is 28.6 Å². The number of carbonyl (C=O) groups is 1. The number of para-hydroxylation sites is 1. The maximum Gasteiger partial charge on any atom is 0.196 e. The second kappa shape index (κ2) is 10.6. The summed E-state index contributed by atoms with van der Waals surface area (Å²) >= 11 is 7.54. The van der Waals surface area contributed by atoms with Crippen LogP contribution in [0.15, 0.2) is 78.0 Å². The Morgan fingerprint density at radius 2 is 1.82 bits per heavy atom. The maximum atomic E-state index is 12.9. The average molecular weight is 480 g/mol. The van der Waals surface area contributed by atoms with Gasteiger partial charge in [0.1, 0.15) is 11.5 Å². The van der Waals surface area contributed by atoms with Crippen LogP contribution in [0.4, 0.5) is 0 Å². The van der Waals surface area contributed by atoms with Crippen molar-refractivity contribution in [2.45, 2.75) is 12.1 Å². The number of ketones is 1. The highest BCUT2D eigenvalue weighted by atomic mass is 35.5. The number of hydrogen-bond acceptors (Lipinski definition) is 6. The SMILES string of the molecule is CCOc1ccc(-n2c(SCC(=O)c3ccccc3OC)nnc2-c2cccc(Cl)c2)cc1. The molecule has 0 atom stereocenters. The molecule has 0 unspecified atom stereocenters. The van der Waals surface area contributed by atoms with Crippen LogP contribution in [0.3, 0.4) is 0 Å². The molecule has 4 rings (SSSR count). The van der Waals surface area contributed by atoms with Gasteiger partial charge in [-0.05, 0) is 55.5 Å². The first-order chi connectivity index (χ1) is 16.1. The Bertz CT molecular complexity index is 1260. The first-order valence-corrected chi connectivity index (χ1v) is 11.7. The summed E-state index contributed by atoms with van der Waals surface area (Å²) in [5.74, 6) is 2.09. The Morgan fingerprint density at radius 3 is 2.55 bits per heavy atom. The van der Waals surface area contributed by atoms with Gasteiger partial charge in [0.2, 0.25) is 0 Å². The maximum absolute atomic E-state index is 12.9. The quantitative estimate of drug-likeness (QED) is 0.217. The predicted molar refractivity (Wildman–Crippen MR) is 131 cm³/mol. The summed E-state index contributed by atoms with van der Waals surface area (Å²) in [5, 5.41) is 10.00. The van der Waals surface area contributed by atoms with E-state index in [1.807, 2.05) is 72.2 Å². The highest BCUT2D eigenvalue weighted by Gasteiger charge is 2.19. The van der Waals surface area contributed by atoms with Crippen LogP contribution in [0.5, 0.6) is 11.5 Å². The summed E-state index contributed by atoms with van der Waals surface area (Å²) in [5.41, 5.74) is 2.21. The fourth-order valence-electron chi connectivity index (χ4n) is 3.35. The first kappa shape index (κ1) is 22.9. The highest BCUT2D eigenvalue weighted by molar-refractivity contribution is 7.99. The molecule has 1 aromatic heterocycles. The summed E-state index contributed by atoms with van der Waals surface area (Å²) in [6.45, 7) is 2.53. The number of halogens is 1. The molecular formula is C25H22ClN3O3S. The van der Waals surface area contributed by atoms with Crippen LogP contribution in [0.2, 0.25) is 5.02 Å². The van der Waals surface area contributed by atoms with Crippen molar-refractivity contribution < 1.29 is 14.3 Å². The molecule has 0 amide bonds. The van der Waals surface area contributed by atoms with Gasteiger partial charge < -0.3 is 9.47 Å². The number of aromatic nitrogens is 3. The van der Waals surface area contributed by atoms with E-state index in [1.165, 1.54) is 11.8 Å². The lowest BCUT2D eigenvalue weighted by molar-refractivity contribution is 0.101. The molecule has 0 fully saturated rings. The van der Waals surface area contributed by atoms with Crippen LogP contribution in [-0.2, 0) is 0 Å². The van der Waals surface area contributed by atoms with Gasteiger partial charge in [-0.2, -0.15) is 0 Å². The third-order valence-corrected chi connectivity index (χ3v) is 6.03. The number of carbonyl (C=O) groups excluding carboxylic acids is 1. The topological polar surface area (TPSA) is 66.2 Å². The Balaban J connectivity index is 1.68. The predicted octanol–water partition coefficient (Wildman–Crippen LogP) is 5.97. The van der Waals surface area contributed by atoms with Crippen LogP contribution >= 0.6 is 23.4 Å². The summed E-state index contributed by atoms with van der Waals surface area (Å²) in [6, 6.07) is 22.3. The number of nitrogens with zero attached hydrogens (tertiary/aromatic N) is 3. The standard InChI is InChI=1S/C25H22ClN3O3S/c1-3-32-20-13-11-19(12-14-20)29-24(17-7-6-8-18(26)15-17)27-28-25(29)33-16-22(30)21-9-4-5-10-23(21)31-2/h4-15H,3,16H2,1-2H3. The smallest absolute Gasteiger partial charge is 0.196 e. The minimum atomic E-state index is -0.0528. The van der Waals surface area contributed by atoms with Crippen molar-refractivity contribution in [1.29, 1.82) is 0 Å². The molecule has 4 aromatic rings. The Morgan fingerprint density at radius 1 is 1.03 bits per heavy atom. The molecular weight excluding hydrogens is 458 g/mol. The second-order valence-corrected chi connectivity index (χ2v) is 8.37. The van der Waals surface area contributed by atoms with Gasteiger partial charge in [-0.15, -0.1) is 10.2 Å². The van der Waals surface area contributed by atoms with Gasteiger partial charge in [-0.1, -0.05) is 47.6 Å². The van der Waals surface area contributed by atoms with Crippen LogP contribution < -0.4 is 9.47 Å². The van der Waals surface area contributed by atoms with Crippen molar-refractivity contribution in [2.75, 3.05) is 19.5 Å². The normalized spacial score (nSPS) is 10.8. The van der Waals surface area contributed by atoms with Crippen molar-refractivity contribution in [1.82, 2.24) is 14.8 Å². The van der Waals surface area contributed by atoms with Gasteiger partial charge in [0.05, 0.1) is 25.0 Å². The number of hydrogen-bond donors (Lipinski definition) is 0. The van der Waals surface area contributed by atoms with Crippen molar-refractivity contribution in [2.24, 2.45) is 0 Å². The number of ether oxygens (including phenoxy) is 2. The Labute approximate surface area is 201 Å². The van der Waals surface area contributed by atoms with Gasteiger partial charge in [-0.25, -0.2) is 0 Å². The molecule has 0 bridgehead atoms. The molecule has 0 radical (unpaired) electrons. The zero-order chi connectivity index (χ0) is 23.2. The number of benzene rings is 3. The van der Waals surface area contributed by atoms with Crippen LogP contribution in [0.1, 0.15) is 17.3 Å². The van der Waals surface area contributed by atoms with E-state index in [4.69, 9.17) is 21.1 Å². The summed E-state index contributed by atoms with van der Waals surface area (Å²) in [7, 11) is 1.55. The van der Waals surface area contributed by atoms with E-state index in [9.17, 15) is 4.79 Å². The van der Waals surface area contributed by atoms with E-state index in [0.29, 0.717) is 33.9 Å². The van der Waals surface area contributed by atoms with Gasteiger partial charge in [0.25, 0.3) is 0 Å². The van der Waals surface area contributed by atoms with E-state index in [2.05, 4.69) is 10.2 Å². The van der Waals surface area contributed by atoms with Crippen molar-refractivity contribution in [3.63, 3.8) is 0 Å². The average Bonchev–Trinajstić information content (AvgIpc) is 3.27. The lowest BCUT2D eigenvalue weighted by Gasteiger charge is -2.12. The third-order valence-electron chi connectivity index (χ3n) is 4.86. The largest absolute Gasteiger partial charge is 0.496 e. The van der Waals surface area contributed by atoms with E-state index in [1.54, 1.807) is 19.2 Å². The molecule has 0 saturated heterocycles. The minimum absolute atomic E-state index is 0.0528. The van der Waals surface area contributed by atoms with Gasteiger partial charge in [0.15, 0.2) is 16.8 Å². The summed E-state index contributed by atoms with van der Waals surface area (Å²) in [4.78, 5) is 12.9. The minimum Gasteiger partial charge on any atom is -0.496 e. The van der Waals surface area contributed by atoms with Gasteiger partial charge >= 0.3 is 0 Å². The fraction of sp³-hybridized carbons (Fsp3) is 0.160. The Hall–Kier alpha value is -3.29. The monoisotopic (exact) mass is 479 g/mol. The van der Waals surface area contributed by atoms with Gasteiger partial charge in [-0.3, -0.25) is 9.36 Å².